The van der Waals surface area contributed by atoms with Gasteiger partial charge in [-0.1, -0.05) is 6.42 Å². The number of hydrogen-bond donors (Lipinski definition) is 1. The summed E-state index contributed by atoms with van der Waals surface area (Å²) in [7, 11) is 0. The van der Waals surface area contributed by atoms with Gasteiger partial charge in [-0.2, -0.15) is 0 Å². The zero-order chi connectivity index (χ0) is 14.7. The molecule has 3 rings (SSSR count). The minimum Gasteiger partial charge on any atom is -0.381 e. The molecule has 3 aliphatic rings. The Morgan fingerprint density at radius 3 is 2.22 bits per heavy atom. The van der Waals surface area contributed by atoms with Crippen molar-refractivity contribution in [3.05, 3.63) is 0 Å². The maximum absolute atomic E-state index is 12.4. The zero-order valence-electron chi connectivity index (χ0n) is 13.8. The van der Waals surface area contributed by atoms with E-state index in [2.05, 4.69) is 9.80 Å². The quantitative estimate of drug-likeness (QED) is 0.823. The van der Waals surface area contributed by atoms with Crippen LogP contribution in [0.25, 0.3) is 0 Å². The van der Waals surface area contributed by atoms with E-state index in [-0.39, 0.29) is 30.9 Å². The number of nitrogens with zero attached hydrogens (tertiary/aromatic N) is 2. The van der Waals surface area contributed by atoms with E-state index in [1.54, 1.807) is 0 Å². The normalized spacial score (nSPS) is 29.7. The highest BCUT2D eigenvalue weighted by Gasteiger charge is 2.31. The summed E-state index contributed by atoms with van der Waals surface area (Å²) in [6, 6.07) is 0.914. The summed E-state index contributed by atoms with van der Waals surface area (Å²) in [4.78, 5) is 17.0. The Bertz CT molecular complexity index is 359. The molecular weight excluding hydrogens is 337 g/mol. The van der Waals surface area contributed by atoms with E-state index < -0.39 is 0 Å². The van der Waals surface area contributed by atoms with Gasteiger partial charge in [-0.05, 0) is 31.6 Å². The summed E-state index contributed by atoms with van der Waals surface area (Å²) >= 11 is 0. The van der Waals surface area contributed by atoms with Crippen LogP contribution < -0.4 is 5.73 Å². The number of ether oxygens (including phenoxy) is 1. The zero-order valence-corrected chi connectivity index (χ0v) is 15.5. The number of nitrogens with two attached hydrogens (primary N) is 1. The molecule has 0 aromatic rings. The van der Waals surface area contributed by atoms with E-state index in [1.165, 1.54) is 6.42 Å². The predicted molar refractivity (Wildman–Crippen MR) is 96.4 cm³/mol. The van der Waals surface area contributed by atoms with Crippen LogP contribution in [0.3, 0.4) is 0 Å². The molecule has 3 fully saturated rings. The number of halogens is 2. The minimum absolute atomic E-state index is 0. The first-order valence-corrected chi connectivity index (χ1v) is 8.59. The first-order chi connectivity index (χ1) is 10.2. The maximum Gasteiger partial charge on any atom is 0.222 e. The SMILES string of the molecule is Cl.Cl.N[C@@H]1CCC[C@H]1CC(=O)N1CCN(C2CCOCC2)CC1. The third-order valence-corrected chi connectivity index (χ3v) is 5.53. The van der Waals surface area contributed by atoms with Gasteiger partial charge in [0.05, 0.1) is 0 Å². The molecule has 2 aliphatic heterocycles. The summed E-state index contributed by atoms with van der Waals surface area (Å²) < 4.78 is 5.43. The number of hydrogen-bond acceptors (Lipinski definition) is 4. The summed E-state index contributed by atoms with van der Waals surface area (Å²) in [5.74, 6) is 0.745. The van der Waals surface area contributed by atoms with Crippen LogP contribution in [0.5, 0.6) is 0 Å². The van der Waals surface area contributed by atoms with Gasteiger partial charge < -0.3 is 15.4 Å². The maximum atomic E-state index is 12.4. The highest BCUT2D eigenvalue weighted by atomic mass is 35.5. The van der Waals surface area contributed by atoms with Gasteiger partial charge in [0.25, 0.3) is 0 Å². The summed E-state index contributed by atoms with van der Waals surface area (Å²) in [6.45, 7) is 5.60. The number of rotatable bonds is 3. The molecule has 0 aromatic carbocycles. The van der Waals surface area contributed by atoms with Gasteiger partial charge in [0.1, 0.15) is 0 Å². The van der Waals surface area contributed by atoms with Crippen molar-refractivity contribution in [3.8, 4) is 0 Å². The van der Waals surface area contributed by atoms with E-state index in [0.717, 1.165) is 65.1 Å². The van der Waals surface area contributed by atoms with Crippen LogP contribution in [-0.2, 0) is 9.53 Å². The monoisotopic (exact) mass is 367 g/mol. The Kier molecular flexibility index (Phi) is 9.16. The lowest BCUT2D eigenvalue weighted by Crippen LogP contribution is -2.53. The molecule has 0 radical (unpaired) electrons. The van der Waals surface area contributed by atoms with Crippen molar-refractivity contribution in [2.75, 3.05) is 39.4 Å². The number of carbonyl (C=O) groups excluding carboxylic acids is 1. The number of piperazine rings is 1. The molecule has 136 valence electrons. The first kappa shape index (κ1) is 21.0. The van der Waals surface area contributed by atoms with Crippen LogP contribution in [0.2, 0.25) is 0 Å². The van der Waals surface area contributed by atoms with Crippen LogP contribution in [0, 0.1) is 5.92 Å². The van der Waals surface area contributed by atoms with E-state index in [0.29, 0.717) is 24.3 Å². The highest BCUT2D eigenvalue weighted by Crippen LogP contribution is 2.27. The Hall–Kier alpha value is -0.0700. The molecule has 7 heteroatoms. The standard InChI is InChI=1S/C16H29N3O2.2ClH/c17-15-3-1-2-13(15)12-16(20)19-8-6-18(7-9-19)14-4-10-21-11-5-14;;/h13-15H,1-12,17H2;2*1H/t13-,15+;;/m0../s1. The molecule has 0 spiro atoms. The van der Waals surface area contributed by atoms with Gasteiger partial charge in [-0.15, -0.1) is 24.8 Å². The molecule has 2 atom stereocenters. The second-order valence-corrected chi connectivity index (χ2v) is 6.82. The lowest BCUT2D eigenvalue weighted by Gasteiger charge is -2.41. The van der Waals surface area contributed by atoms with Crippen molar-refractivity contribution in [2.45, 2.75) is 50.6 Å². The average molecular weight is 368 g/mol. The van der Waals surface area contributed by atoms with Crippen LogP contribution in [0.4, 0.5) is 0 Å². The van der Waals surface area contributed by atoms with Crippen molar-refractivity contribution in [1.82, 2.24) is 9.80 Å². The van der Waals surface area contributed by atoms with Gasteiger partial charge >= 0.3 is 0 Å². The van der Waals surface area contributed by atoms with Crippen LogP contribution >= 0.6 is 24.8 Å². The van der Waals surface area contributed by atoms with Gasteiger partial charge in [-0.3, -0.25) is 9.69 Å². The third kappa shape index (κ3) is 5.46. The van der Waals surface area contributed by atoms with Crippen molar-refractivity contribution in [2.24, 2.45) is 11.7 Å². The Labute approximate surface area is 152 Å². The van der Waals surface area contributed by atoms with E-state index >= 15 is 0 Å². The molecule has 1 saturated carbocycles. The molecule has 5 nitrogen and oxygen atoms in total. The van der Waals surface area contributed by atoms with Crippen molar-refractivity contribution in [1.29, 1.82) is 0 Å². The molecule has 2 heterocycles. The van der Waals surface area contributed by atoms with Gasteiger partial charge in [0.2, 0.25) is 5.91 Å². The average Bonchev–Trinajstić information content (AvgIpc) is 2.93. The summed E-state index contributed by atoms with van der Waals surface area (Å²) in [5.41, 5.74) is 6.09. The second-order valence-electron chi connectivity index (χ2n) is 6.82. The summed E-state index contributed by atoms with van der Waals surface area (Å²) in [5, 5.41) is 0. The number of carbonyl (C=O) groups is 1. The van der Waals surface area contributed by atoms with E-state index in [4.69, 9.17) is 10.5 Å². The smallest absolute Gasteiger partial charge is 0.222 e. The van der Waals surface area contributed by atoms with E-state index in [9.17, 15) is 4.79 Å². The molecule has 0 aromatic heterocycles. The first-order valence-electron chi connectivity index (χ1n) is 8.59. The predicted octanol–water partition coefficient (Wildman–Crippen LogP) is 1.67. The molecule has 0 unspecified atom stereocenters. The lowest BCUT2D eigenvalue weighted by molar-refractivity contribution is -0.134. The van der Waals surface area contributed by atoms with Gasteiger partial charge in [0, 0.05) is 57.9 Å². The summed E-state index contributed by atoms with van der Waals surface area (Å²) in [6.07, 6.45) is 6.37. The third-order valence-electron chi connectivity index (χ3n) is 5.53. The fourth-order valence-corrected chi connectivity index (χ4v) is 4.06. The van der Waals surface area contributed by atoms with Gasteiger partial charge in [0.15, 0.2) is 0 Å². The molecule has 2 saturated heterocycles. The largest absolute Gasteiger partial charge is 0.381 e. The van der Waals surface area contributed by atoms with Crippen LogP contribution in [0.15, 0.2) is 0 Å². The van der Waals surface area contributed by atoms with Crippen LogP contribution in [-0.4, -0.2) is 67.2 Å². The molecular formula is C16H31Cl2N3O2. The second kappa shape index (κ2) is 10.0. The molecule has 1 aliphatic carbocycles. The highest BCUT2D eigenvalue weighted by molar-refractivity contribution is 5.85. The van der Waals surface area contributed by atoms with Crippen molar-refractivity contribution >= 4 is 30.7 Å². The lowest BCUT2D eigenvalue weighted by atomic mass is 9.99. The minimum atomic E-state index is 0. The topological polar surface area (TPSA) is 58.8 Å². The van der Waals surface area contributed by atoms with Gasteiger partial charge in [-0.25, -0.2) is 0 Å². The molecule has 1 amide bonds. The fourth-order valence-electron chi connectivity index (χ4n) is 4.06. The fraction of sp³-hybridized carbons (Fsp3) is 0.938. The Morgan fingerprint density at radius 2 is 1.65 bits per heavy atom. The molecule has 23 heavy (non-hydrogen) atoms. The van der Waals surface area contributed by atoms with E-state index in [1.807, 2.05) is 0 Å². The van der Waals surface area contributed by atoms with Crippen molar-refractivity contribution in [3.63, 3.8) is 0 Å². The van der Waals surface area contributed by atoms with Crippen molar-refractivity contribution < 1.29 is 9.53 Å². The number of amides is 1. The molecule has 2 N–H and O–H groups in total. The Morgan fingerprint density at radius 1 is 1.00 bits per heavy atom. The molecule has 0 bridgehead atoms. The Balaban J connectivity index is 0.00000132. The van der Waals surface area contributed by atoms with Crippen LogP contribution in [0.1, 0.15) is 38.5 Å².